The molecular weight excluding hydrogens is 498 g/mol. The number of amides is 1. The topological polar surface area (TPSA) is 214 Å². The second-order valence-electron chi connectivity index (χ2n) is 10.6. The molecule has 4 aliphatic carbocycles. The number of aliphatic hydroxyl groups is 3. The Morgan fingerprint density at radius 2 is 1.79 bits per heavy atom. The molecule has 0 saturated heterocycles. The number of likely N-dealkylation sites (N-methyl/N-ethyl adjacent to an activating group) is 1. The van der Waals surface area contributed by atoms with Crippen molar-refractivity contribution < 1.29 is 44.3 Å². The van der Waals surface area contributed by atoms with Gasteiger partial charge in [0.1, 0.15) is 28.9 Å². The van der Waals surface area contributed by atoms with Crippen LogP contribution in [0.3, 0.4) is 0 Å². The Balaban J connectivity index is 1.82. The first-order valence-corrected chi connectivity index (χ1v) is 12.3. The molecule has 0 heterocycles. The Morgan fingerprint density at radius 1 is 1.13 bits per heavy atom. The number of carbonyl (C=O) groups excluding carboxylic acids is 4. The summed E-state index contributed by atoms with van der Waals surface area (Å²) in [6.45, 7) is 0. The highest BCUT2D eigenvalue weighted by molar-refractivity contribution is 6.24. The molecule has 0 aromatic heterocycles. The van der Waals surface area contributed by atoms with E-state index in [-0.39, 0.29) is 11.1 Å². The molecule has 0 radical (unpaired) electrons. The van der Waals surface area contributed by atoms with Gasteiger partial charge >= 0.3 is 5.97 Å². The normalized spacial score (nSPS) is 32.9. The third kappa shape index (κ3) is 3.27. The van der Waals surface area contributed by atoms with Gasteiger partial charge in [0, 0.05) is 17.5 Å². The summed E-state index contributed by atoms with van der Waals surface area (Å²) in [5.41, 5.74) is 7.59. The Bertz CT molecular complexity index is 1350. The molecule has 2 fully saturated rings. The smallest absolute Gasteiger partial charge is 0.309 e. The molecule has 0 aliphatic heterocycles. The van der Waals surface area contributed by atoms with Crippen LogP contribution in [0.25, 0.3) is 5.76 Å². The molecule has 0 bridgehead atoms. The van der Waals surface area contributed by atoms with Crippen LogP contribution < -0.4 is 11.5 Å². The summed E-state index contributed by atoms with van der Waals surface area (Å²) in [6.07, 6.45) is 0.436. The van der Waals surface area contributed by atoms with Crippen molar-refractivity contribution in [2.45, 2.75) is 43.1 Å². The fraction of sp³-hybridized carbons (Fsp3) is 0.462. The van der Waals surface area contributed by atoms with Crippen molar-refractivity contribution in [2.75, 3.05) is 14.1 Å². The van der Waals surface area contributed by atoms with Crippen LogP contribution in [0.4, 0.5) is 0 Å². The Labute approximate surface area is 217 Å². The lowest BCUT2D eigenvalue weighted by Gasteiger charge is -2.54. The number of benzene rings is 1. The molecule has 1 aromatic carbocycles. The number of Topliss-reactive ketones (excluding diaryl/α,β-unsaturated/α-hetero) is 2. The number of hydrogen-bond acceptors (Lipinski definition) is 11. The van der Waals surface area contributed by atoms with E-state index in [1.807, 2.05) is 0 Å². The number of ether oxygens (including phenoxy) is 1. The molecule has 0 unspecified atom stereocenters. The summed E-state index contributed by atoms with van der Waals surface area (Å²) in [6, 6.07) is 1.72. The van der Waals surface area contributed by atoms with Crippen LogP contribution in [0.5, 0.6) is 5.75 Å². The van der Waals surface area contributed by atoms with E-state index in [1.165, 1.54) is 37.2 Å². The molecule has 2 saturated carbocycles. The zero-order chi connectivity index (χ0) is 27.8. The van der Waals surface area contributed by atoms with Gasteiger partial charge in [-0.2, -0.15) is 0 Å². The number of esters is 1. The number of aliphatic hydroxyl groups excluding tert-OH is 2. The quantitative estimate of drug-likeness (QED) is 0.222. The first kappa shape index (κ1) is 25.9. The summed E-state index contributed by atoms with van der Waals surface area (Å²) < 4.78 is 5.92. The number of primary amides is 1. The van der Waals surface area contributed by atoms with Crippen molar-refractivity contribution in [2.24, 2.45) is 29.2 Å². The molecule has 1 aromatic rings. The maximum Gasteiger partial charge on any atom is 0.309 e. The minimum absolute atomic E-state index is 0.152. The standard InChI is InChI=1S/C26H29N3O9/c1-29(2)18-16-21(38-25(36)9-5-3-6-9)13-14(19(31)12-10(17(13)27)7-4-8-11(12)30)22(33)26(16,37)23(34)15(20(18)32)24(28)35/h4,7-9,13,16-18,21,30-31,34,37H,3,5-6,27H2,1-2H3,(H2,28,35)/t13-,16+,17-,18-,21-,26-/m0/s1. The van der Waals surface area contributed by atoms with Gasteiger partial charge in [-0.15, -0.1) is 0 Å². The van der Waals surface area contributed by atoms with E-state index in [0.717, 1.165) is 6.42 Å². The van der Waals surface area contributed by atoms with Crippen LogP contribution >= 0.6 is 0 Å². The van der Waals surface area contributed by atoms with Gasteiger partial charge in [0.15, 0.2) is 11.4 Å². The number of phenolic OH excluding ortho intramolecular Hbond substituents is 1. The van der Waals surface area contributed by atoms with Gasteiger partial charge in [0.05, 0.1) is 23.4 Å². The van der Waals surface area contributed by atoms with Crippen molar-refractivity contribution in [1.29, 1.82) is 0 Å². The van der Waals surface area contributed by atoms with Crippen LogP contribution in [0.15, 0.2) is 35.1 Å². The van der Waals surface area contributed by atoms with Crippen molar-refractivity contribution in [3.8, 4) is 5.75 Å². The largest absolute Gasteiger partial charge is 0.508 e. The molecule has 6 atom stereocenters. The molecule has 1 amide bonds. The number of phenols is 1. The predicted molar refractivity (Wildman–Crippen MR) is 130 cm³/mol. The fourth-order valence-electron chi connectivity index (χ4n) is 6.31. The number of aromatic hydroxyl groups is 1. The average molecular weight is 528 g/mol. The highest BCUT2D eigenvalue weighted by Crippen LogP contribution is 2.56. The molecular formula is C26H29N3O9. The second kappa shape index (κ2) is 8.65. The van der Waals surface area contributed by atoms with Crippen molar-refractivity contribution >= 4 is 29.2 Å². The highest BCUT2D eigenvalue weighted by Gasteiger charge is 2.69. The van der Waals surface area contributed by atoms with E-state index in [2.05, 4.69) is 0 Å². The van der Waals surface area contributed by atoms with E-state index >= 15 is 0 Å². The summed E-state index contributed by atoms with van der Waals surface area (Å²) in [5, 5.41) is 44.8. The van der Waals surface area contributed by atoms with Crippen LogP contribution in [0.2, 0.25) is 0 Å². The number of rotatable bonds is 4. The Morgan fingerprint density at radius 3 is 2.34 bits per heavy atom. The Kier molecular flexibility index (Phi) is 5.89. The molecule has 8 N–H and O–H groups in total. The number of hydrogen-bond donors (Lipinski definition) is 6. The zero-order valence-electron chi connectivity index (χ0n) is 20.7. The lowest BCUT2D eigenvalue weighted by atomic mass is 9.55. The third-order valence-corrected chi connectivity index (χ3v) is 8.37. The first-order valence-electron chi connectivity index (χ1n) is 12.3. The van der Waals surface area contributed by atoms with Crippen molar-refractivity contribution in [3.05, 3.63) is 46.2 Å². The SMILES string of the molecule is CN(C)[C@@H]1C(=O)C(C(N)=O)=C(O)[C@@]2(O)C(=O)C3=C(O)c4c(O)cccc4[C@H](N)[C@H]3[C@H](OC(=O)C3CCC3)[C@@H]12. The van der Waals surface area contributed by atoms with Gasteiger partial charge in [0.25, 0.3) is 5.91 Å². The van der Waals surface area contributed by atoms with Gasteiger partial charge in [-0.1, -0.05) is 18.6 Å². The van der Waals surface area contributed by atoms with Gasteiger partial charge in [-0.25, -0.2) is 0 Å². The van der Waals surface area contributed by atoms with E-state index in [9.17, 15) is 39.6 Å². The predicted octanol–water partition coefficient (Wildman–Crippen LogP) is -0.257. The Hall–Kier alpha value is -3.74. The maximum absolute atomic E-state index is 14.1. The number of ketones is 2. The minimum atomic E-state index is -2.99. The van der Waals surface area contributed by atoms with Gasteiger partial charge in [-0.3, -0.25) is 24.1 Å². The number of nitrogens with zero attached hydrogens (tertiary/aromatic N) is 1. The highest BCUT2D eigenvalue weighted by atomic mass is 16.5. The van der Waals surface area contributed by atoms with Crippen molar-refractivity contribution in [3.63, 3.8) is 0 Å². The van der Waals surface area contributed by atoms with Gasteiger partial charge < -0.3 is 36.6 Å². The monoisotopic (exact) mass is 527 g/mol. The summed E-state index contributed by atoms with van der Waals surface area (Å²) in [5.74, 6) is -9.95. The van der Waals surface area contributed by atoms with E-state index in [4.69, 9.17) is 16.2 Å². The fourth-order valence-corrected chi connectivity index (χ4v) is 6.31. The van der Waals surface area contributed by atoms with Crippen molar-refractivity contribution in [1.82, 2.24) is 4.90 Å². The number of nitrogens with two attached hydrogens (primary N) is 2. The van der Waals surface area contributed by atoms with E-state index in [1.54, 1.807) is 0 Å². The average Bonchev–Trinajstić information content (AvgIpc) is 2.79. The van der Waals surface area contributed by atoms with Crippen LogP contribution in [-0.4, -0.2) is 80.6 Å². The maximum atomic E-state index is 14.1. The van der Waals surface area contributed by atoms with Gasteiger partial charge in [0.2, 0.25) is 5.78 Å². The minimum Gasteiger partial charge on any atom is -0.508 e. The third-order valence-electron chi connectivity index (χ3n) is 8.37. The van der Waals surface area contributed by atoms with Gasteiger partial charge in [-0.05, 0) is 38.6 Å². The number of carbonyl (C=O) groups is 4. The molecule has 202 valence electrons. The molecule has 12 heteroatoms. The summed E-state index contributed by atoms with van der Waals surface area (Å²) in [7, 11) is 2.91. The molecule has 5 rings (SSSR count). The number of fused-ring (bicyclic) bond motifs is 3. The first-order chi connectivity index (χ1) is 17.8. The van der Waals surface area contributed by atoms with Crippen LogP contribution in [0.1, 0.15) is 36.4 Å². The summed E-state index contributed by atoms with van der Waals surface area (Å²) >= 11 is 0. The lowest BCUT2D eigenvalue weighted by Crippen LogP contribution is -2.71. The molecule has 38 heavy (non-hydrogen) atoms. The zero-order valence-corrected chi connectivity index (χ0v) is 20.7. The molecule has 4 aliphatic rings. The second-order valence-corrected chi connectivity index (χ2v) is 10.6. The molecule has 0 spiro atoms. The summed E-state index contributed by atoms with van der Waals surface area (Å²) in [4.78, 5) is 54.2. The van der Waals surface area contributed by atoms with E-state index in [0.29, 0.717) is 12.8 Å². The van der Waals surface area contributed by atoms with Crippen LogP contribution in [-0.2, 0) is 23.9 Å². The lowest BCUT2D eigenvalue weighted by molar-refractivity contribution is -0.189. The molecule has 12 nitrogen and oxygen atoms in total. The van der Waals surface area contributed by atoms with Crippen LogP contribution in [0, 0.1) is 17.8 Å². The van der Waals surface area contributed by atoms with E-state index < -0.39 is 93.4 Å².